The van der Waals surface area contributed by atoms with Crippen molar-refractivity contribution in [3.63, 3.8) is 0 Å². The van der Waals surface area contributed by atoms with E-state index < -0.39 is 6.04 Å². The minimum Gasteiger partial charge on any atom is -0.484 e. The number of amides is 3. The van der Waals surface area contributed by atoms with Crippen LogP contribution in [0.15, 0.2) is 47.1 Å². The highest BCUT2D eigenvalue weighted by Gasteiger charge is 2.35. The lowest BCUT2D eigenvalue weighted by atomic mass is 10.2. The molecule has 3 rings (SSSR count). The summed E-state index contributed by atoms with van der Waals surface area (Å²) >= 11 is 0. The van der Waals surface area contributed by atoms with E-state index in [0.29, 0.717) is 24.4 Å². The molecule has 3 amide bonds. The highest BCUT2D eigenvalue weighted by Crippen LogP contribution is 2.23. The summed E-state index contributed by atoms with van der Waals surface area (Å²) in [6.07, 6.45) is 2.80. The third kappa shape index (κ3) is 4.51. The maximum absolute atomic E-state index is 12.7. The summed E-state index contributed by atoms with van der Waals surface area (Å²) < 4.78 is 10.6. The monoisotopic (exact) mass is 385 g/mol. The number of ether oxygens (including phenoxy) is 1. The first-order valence-corrected chi connectivity index (χ1v) is 9.04. The summed E-state index contributed by atoms with van der Waals surface area (Å²) in [6.45, 7) is 0.467. The Kier molecular flexibility index (Phi) is 5.98. The van der Waals surface area contributed by atoms with Crippen molar-refractivity contribution in [1.29, 1.82) is 0 Å². The predicted octanol–water partition coefficient (Wildman–Crippen LogP) is 1.99. The van der Waals surface area contributed by atoms with Crippen LogP contribution in [0.3, 0.4) is 0 Å². The number of carbonyl (C=O) groups is 3. The van der Waals surface area contributed by atoms with Crippen LogP contribution >= 0.6 is 0 Å². The lowest BCUT2D eigenvalue weighted by molar-refractivity contribution is -0.130. The largest absolute Gasteiger partial charge is 0.484 e. The molecule has 8 heteroatoms. The molecular formula is C20H23N3O5. The van der Waals surface area contributed by atoms with Crippen molar-refractivity contribution in [2.75, 3.05) is 32.6 Å². The molecular weight excluding hydrogens is 362 g/mol. The lowest BCUT2D eigenvalue weighted by Gasteiger charge is -2.23. The molecule has 1 aromatic carbocycles. The molecule has 148 valence electrons. The van der Waals surface area contributed by atoms with Crippen molar-refractivity contribution >= 4 is 23.4 Å². The van der Waals surface area contributed by atoms with E-state index in [1.807, 2.05) is 0 Å². The SMILES string of the molecule is CN(C)C(=O)COc1ccc(NC(=O)[C@@H]2CCCN2C(=O)c2ccco2)cc1. The zero-order valence-electron chi connectivity index (χ0n) is 15.9. The van der Waals surface area contributed by atoms with Crippen LogP contribution in [0, 0.1) is 0 Å². The summed E-state index contributed by atoms with van der Waals surface area (Å²) in [5.41, 5.74) is 0.591. The molecule has 0 bridgehead atoms. The Labute approximate surface area is 163 Å². The van der Waals surface area contributed by atoms with E-state index >= 15 is 0 Å². The average molecular weight is 385 g/mol. The number of nitrogens with zero attached hydrogens (tertiary/aromatic N) is 2. The molecule has 1 fully saturated rings. The van der Waals surface area contributed by atoms with Gasteiger partial charge in [0.15, 0.2) is 12.4 Å². The Hall–Kier alpha value is -3.29. The van der Waals surface area contributed by atoms with Crippen LogP contribution in [0.2, 0.25) is 0 Å². The third-order valence-corrected chi connectivity index (χ3v) is 4.53. The van der Waals surface area contributed by atoms with E-state index in [1.165, 1.54) is 11.2 Å². The summed E-state index contributed by atoms with van der Waals surface area (Å²) in [5, 5.41) is 2.83. The van der Waals surface area contributed by atoms with Crippen LogP contribution in [0.25, 0.3) is 0 Å². The van der Waals surface area contributed by atoms with Gasteiger partial charge in [0.25, 0.3) is 11.8 Å². The van der Waals surface area contributed by atoms with Gasteiger partial charge >= 0.3 is 0 Å². The van der Waals surface area contributed by atoms with Gasteiger partial charge < -0.3 is 24.3 Å². The maximum Gasteiger partial charge on any atom is 0.290 e. The van der Waals surface area contributed by atoms with E-state index in [9.17, 15) is 14.4 Å². The number of furan rings is 1. The molecule has 0 radical (unpaired) electrons. The van der Waals surface area contributed by atoms with Gasteiger partial charge in [0, 0.05) is 26.3 Å². The number of likely N-dealkylation sites (N-methyl/N-ethyl adjacent to an activating group) is 1. The molecule has 1 N–H and O–H groups in total. The summed E-state index contributed by atoms with van der Waals surface area (Å²) in [5.74, 6) is 0.0999. The molecule has 1 saturated heterocycles. The fourth-order valence-corrected chi connectivity index (χ4v) is 2.96. The molecule has 2 aromatic rings. The van der Waals surface area contributed by atoms with Crippen LogP contribution in [0.5, 0.6) is 5.75 Å². The van der Waals surface area contributed by atoms with Gasteiger partial charge in [-0.1, -0.05) is 0 Å². The van der Waals surface area contributed by atoms with Gasteiger partial charge in [-0.05, 0) is 49.2 Å². The molecule has 1 atom stereocenters. The highest BCUT2D eigenvalue weighted by atomic mass is 16.5. The van der Waals surface area contributed by atoms with Crippen LogP contribution in [-0.2, 0) is 9.59 Å². The second-order valence-corrected chi connectivity index (χ2v) is 6.72. The number of carbonyl (C=O) groups excluding carboxylic acids is 3. The van der Waals surface area contributed by atoms with Gasteiger partial charge in [-0.25, -0.2) is 0 Å². The van der Waals surface area contributed by atoms with E-state index in [2.05, 4.69) is 5.32 Å². The number of nitrogens with one attached hydrogen (secondary N) is 1. The molecule has 0 aliphatic carbocycles. The summed E-state index contributed by atoms with van der Waals surface area (Å²) in [6, 6.07) is 9.45. The van der Waals surface area contributed by atoms with Crippen molar-refractivity contribution in [3.05, 3.63) is 48.4 Å². The van der Waals surface area contributed by atoms with Crippen molar-refractivity contribution in [1.82, 2.24) is 9.80 Å². The van der Waals surface area contributed by atoms with E-state index in [-0.39, 0.29) is 30.1 Å². The third-order valence-electron chi connectivity index (χ3n) is 4.53. The number of benzene rings is 1. The molecule has 0 spiro atoms. The molecule has 28 heavy (non-hydrogen) atoms. The average Bonchev–Trinajstić information content (AvgIpc) is 3.38. The number of hydrogen-bond acceptors (Lipinski definition) is 5. The van der Waals surface area contributed by atoms with Crippen molar-refractivity contribution in [3.8, 4) is 5.75 Å². The van der Waals surface area contributed by atoms with Crippen LogP contribution in [0.1, 0.15) is 23.4 Å². The van der Waals surface area contributed by atoms with Gasteiger partial charge in [-0.3, -0.25) is 14.4 Å². The van der Waals surface area contributed by atoms with Crippen LogP contribution in [-0.4, -0.2) is 60.8 Å². The number of likely N-dealkylation sites (tertiary alicyclic amines) is 1. The van der Waals surface area contributed by atoms with E-state index in [4.69, 9.17) is 9.15 Å². The quantitative estimate of drug-likeness (QED) is 0.821. The minimum absolute atomic E-state index is 0.0510. The fraction of sp³-hybridized carbons (Fsp3) is 0.350. The standard InChI is InChI=1S/C20H23N3O5/c1-22(2)18(24)13-28-15-9-7-14(8-10-15)21-19(25)16-5-3-11-23(16)20(26)17-6-4-12-27-17/h4,6-10,12,16H,3,5,11,13H2,1-2H3,(H,21,25)/t16-/m0/s1. The predicted molar refractivity (Wildman–Crippen MR) is 102 cm³/mol. The van der Waals surface area contributed by atoms with Gasteiger partial charge in [-0.15, -0.1) is 0 Å². The number of anilines is 1. The Bertz CT molecular complexity index is 830. The molecule has 1 aromatic heterocycles. The Morgan fingerprint density at radius 3 is 2.61 bits per heavy atom. The van der Waals surface area contributed by atoms with Crippen LogP contribution < -0.4 is 10.1 Å². The Morgan fingerprint density at radius 1 is 1.21 bits per heavy atom. The molecule has 0 unspecified atom stereocenters. The zero-order valence-corrected chi connectivity index (χ0v) is 15.9. The minimum atomic E-state index is -0.536. The summed E-state index contributed by atoms with van der Waals surface area (Å²) in [7, 11) is 3.32. The molecule has 0 saturated carbocycles. The van der Waals surface area contributed by atoms with Gasteiger partial charge in [0.2, 0.25) is 5.91 Å². The number of hydrogen-bond donors (Lipinski definition) is 1. The maximum atomic E-state index is 12.7. The van der Waals surface area contributed by atoms with Gasteiger partial charge in [-0.2, -0.15) is 0 Å². The lowest BCUT2D eigenvalue weighted by Crippen LogP contribution is -2.43. The highest BCUT2D eigenvalue weighted by molar-refractivity contribution is 6.00. The smallest absolute Gasteiger partial charge is 0.290 e. The van der Waals surface area contributed by atoms with Gasteiger partial charge in [0.05, 0.1) is 6.26 Å². The van der Waals surface area contributed by atoms with Crippen molar-refractivity contribution < 1.29 is 23.5 Å². The Balaban J connectivity index is 1.58. The zero-order chi connectivity index (χ0) is 20.1. The van der Waals surface area contributed by atoms with E-state index in [0.717, 1.165) is 6.42 Å². The van der Waals surface area contributed by atoms with Gasteiger partial charge in [0.1, 0.15) is 11.8 Å². The molecule has 1 aliphatic heterocycles. The molecule has 8 nitrogen and oxygen atoms in total. The van der Waals surface area contributed by atoms with Crippen molar-refractivity contribution in [2.24, 2.45) is 0 Å². The second kappa shape index (κ2) is 8.60. The number of rotatable bonds is 6. The second-order valence-electron chi connectivity index (χ2n) is 6.72. The normalized spacial score (nSPS) is 15.9. The van der Waals surface area contributed by atoms with Crippen molar-refractivity contribution in [2.45, 2.75) is 18.9 Å². The fourth-order valence-electron chi connectivity index (χ4n) is 2.96. The molecule has 2 heterocycles. The Morgan fingerprint density at radius 2 is 1.96 bits per heavy atom. The van der Waals surface area contributed by atoms with Crippen LogP contribution in [0.4, 0.5) is 5.69 Å². The first-order valence-electron chi connectivity index (χ1n) is 9.04. The molecule has 1 aliphatic rings. The first kappa shape index (κ1) is 19.5. The first-order chi connectivity index (χ1) is 13.5. The topological polar surface area (TPSA) is 92.1 Å². The summed E-state index contributed by atoms with van der Waals surface area (Å²) in [4.78, 5) is 39.7. The van der Waals surface area contributed by atoms with E-state index in [1.54, 1.807) is 55.4 Å².